The third-order valence-corrected chi connectivity index (χ3v) is 4.55. The van der Waals surface area contributed by atoms with Crippen molar-refractivity contribution in [1.29, 1.82) is 5.26 Å². The van der Waals surface area contributed by atoms with Gasteiger partial charge >= 0.3 is 0 Å². The zero-order valence-electron chi connectivity index (χ0n) is 10.5. The maximum absolute atomic E-state index is 8.81. The Balaban J connectivity index is 1.72. The third-order valence-electron chi connectivity index (χ3n) is 2.79. The average molecular weight is 297 g/mol. The van der Waals surface area contributed by atoms with Crippen LogP contribution in [0.2, 0.25) is 0 Å². The second-order valence-corrected chi connectivity index (χ2v) is 6.08. The molecule has 0 bridgehead atoms. The number of thiazole rings is 1. The van der Waals surface area contributed by atoms with Crippen LogP contribution >= 0.6 is 22.7 Å². The number of nitrogens with zero attached hydrogens (tertiary/aromatic N) is 2. The molecule has 2 aromatic heterocycles. The Kier molecular flexibility index (Phi) is 3.77. The van der Waals surface area contributed by atoms with E-state index in [-0.39, 0.29) is 0 Å². The summed E-state index contributed by atoms with van der Waals surface area (Å²) >= 11 is 3.23. The van der Waals surface area contributed by atoms with Crippen LogP contribution in [-0.4, -0.2) is 4.98 Å². The van der Waals surface area contributed by atoms with Gasteiger partial charge in [0.05, 0.1) is 5.56 Å². The van der Waals surface area contributed by atoms with Crippen molar-refractivity contribution in [2.75, 3.05) is 5.32 Å². The number of aromatic nitrogens is 1. The van der Waals surface area contributed by atoms with Gasteiger partial charge in [-0.05, 0) is 18.2 Å². The van der Waals surface area contributed by atoms with Gasteiger partial charge in [-0.1, -0.05) is 12.1 Å². The SMILES string of the molecule is N#Cc1csc(CNc2cccc(-c3nccs3)c2)c1. The van der Waals surface area contributed by atoms with Crippen LogP contribution in [0.5, 0.6) is 0 Å². The largest absolute Gasteiger partial charge is 0.380 e. The van der Waals surface area contributed by atoms with Gasteiger partial charge in [-0.25, -0.2) is 4.98 Å². The minimum Gasteiger partial charge on any atom is -0.380 e. The molecule has 5 heteroatoms. The van der Waals surface area contributed by atoms with Crippen molar-refractivity contribution in [3.8, 4) is 16.6 Å². The van der Waals surface area contributed by atoms with Gasteiger partial charge in [0.2, 0.25) is 0 Å². The van der Waals surface area contributed by atoms with Crippen molar-refractivity contribution in [1.82, 2.24) is 4.98 Å². The Bertz CT molecular complexity index is 739. The van der Waals surface area contributed by atoms with Crippen molar-refractivity contribution >= 4 is 28.4 Å². The van der Waals surface area contributed by atoms with E-state index in [1.54, 1.807) is 22.7 Å². The van der Waals surface area contributed by atoms with Crippen molar-refractivity contribution in [2.45, 2.75) is 6.54 Å². The van der Waals surface area contributed by atoms with Crippen LogP contribution < -0.4 is 5.32 Å². The zero-order valence-corrected chi connectivity index (χ0v) is 12.2. The highest BCUT2D eigenvalue weighted by molar-refractivity contribution is 7.13. The summed E-state index contributed by atoms with van der Waals surface area (Å²) in [6.07, 6.45) is 1.81. The van der Waals surface area contributed by atoms with E-state index in [1.165, 1.54) is 0 Å². The van der Waals surface area contributed by atoms with E-state index in [4.69, 9.17) is 5.26 Å². The molecule has 0 aliphatic heterocycles. The molecular weight excluding hydrogens is 286 g/mol. The quantitative estimate of drug-likeness (QED) is 0.778. The van der Waals surface area contributed by atoms with E-state index >= 15 is 0 Å². The first-order chi connectivity index (χ1) is 9.85. The lowest BCUT2D eigenvalue weighted by atomic mass is 10.2. The molecule has 0 saturated heterocycles. The lowest BCUT2D eigenvalue weighted by Crippen LogP contribution is -1.97. The number of rotatable bonds is 4. The highest BCUT2D eigenvalue weighted by atomic mass is 32.1. The topological polar surface area (TPSA) is 48.7 Å². The maximum atomic E-state index is 8.81. The maximum Gasteiger partial charge on any atom is 0.123 e. The van der Waals surface area contributed by atoms with Gasteiger partial charge in [-0.3, -0.25) is 0 Å². The van der Waals surface area contributed by atoms with E-state index in [1.807, 2.05) is 35.2 Å². The molecule has 3 rings (SSSR count). The van der Waals surface area contributed by atoms with E-state index in [2.05, 4.69) is 28.5 Å². The van der Waals surface area contributed by atoms with Crippen molar-refractivity contribution < 1.29 is 0 Å². The Labute approximate surface area is 125 Å². The molecule has 1 aromatic carbocycles. The van der Waals surface area contributed by atoms with Crippen LogP contribution in [-0.2, 0) is 6.54 Å². The molecule has 1 N–H and O–H groups in total. The highest BCUT2D eigenvalue weighted by Crippen LogP contribution is 2.25. The van der Waals surface area contributed by atoms with Crippen molar-refractivity contribution in [2.24, 2.45) is 0 Å². The first-order valence-electron chi connectivity index (χ1n) is 6.06. The van der Waals surface area contributed by atoms with Crippen LogP contribution in [0.1, 0.15) is 10.4 Å². The molecule has 98 valence electrons. The summed E-state index contributed by atoms with van der Waals surface area (Å²) in [4.78, 5) is 5.47. The Morgan fingerprint density at radius 1 is 1.25 bits per heavy atom. The molecule has 0 amide bonds. The highest BCUT2D eigenvalue weighted by Gasteiger charge is 2.03. The Hall–Kier alpha value is -2.16. The lowest BCUT2D eigenvalue weighted by molar-refractivity contribution is 1.19. The minimum atomic E-state index is 0.725. The molecular formula is C15H11N3S2. The fourth-order valence-corrected chi connectivity index (χ4v) is 3.23. The predicted molar refractivity (Wildman–Crippen MR) is 83.9 cm³/mol. The molecule has 3 nitrogen and oxygen atoms in total. The van der Waals surface area contributed by atoms with Gasteiger partial charge in [-0.2, -0.15) is 5.26 Å². The molecule has 0 unspecified atom stereocenters. The molecule has 0 aliphatic rings. The summed E-state index contributed by atoms with van der Waals surface area (Å²) in [5.74, 6) is 0. The molecule has 0 aliphatic carbocycles. The van der Waals surface area contributed by atoms with Gasteiger partial charge in [0.15, 0.2) is 0 Å². The monoisotopic (exact) mass is 297 g/mol. The summed E-state index contributed by atoms with van der Waals surface area (Å²) in [5, 5.41) is 17.1. The Morgan fingerprint density at radius 3 is 2.95 bits per heavy atom. The molecule has 3 aromatic rings. The van der Waals surface area contributed by atoms with E-state index in [0.29, 0.717) is 0 Å². The normalized spacial score (nSPS) is 10.2. The van der Waals surface area contributed by atoms with Crippen LogP contribution in [0.4, 0.5) is 5.69 Å². The van der Waals surface area contributed by atoms with Gasteiger partial charge in [-0.15, -0.1) is 22.7 Å². The minimum absolute atomic E-state index is 0.725. The molecule has 2 heterocycles. The molecule has 0 atom stereocenters. The molecule has 20 heavy (non-hydrogen) atoms. The van der Waals surface area contributed by atoms with E-state index in [9.17, 15) is 0 Å². The standard InChI is InChI=1S/C15H11N3S2/c16-8-11-6-14(20-10-11)9-18-13-3-1-2-12(7-13)15-17-4-5-19-15/h1-7,10,18H,9H2. The summed E-state index contributed by atoms with van der Waals surface area (Å²) in [6, 6.07) is 12.3. The molecule has 0 saturated carbocycles. The number of hydrogen-bond donors (Lipinski definition) is 1. The second-order valence-electron chi connectivity index (χ2n) is 4.19. The number of anilines is 1. The fraction of sp³-hybridized carbons (Fsp3) is 0.0667. The van der Waals surface area contributed by atoms with Gasteiger partial charge < -0.3 is 5.32 Å². The second kappa shape index (κ2) is 5.87. The Morgan fingerprint density at radius 2 is 2.20 bits per heavy atom. The van der Waals surface area contributed by atoms with Crippen LogP contribution in [0, 0.1) is 11.3 Å². The van der Waals surface area contributed by atoms with Crippen molar-refractivity contribution in [3.63, 3.8) is 0 Å². The summed E-state index contributed by atoms with van der Waals surface area (Å²) < 4.78 is 0. The first kappa shape index (κ1) is 12.9. The van der Waals surface area contributed by atoms with Gasteiger partial charge in [0.25, 0.3) is 0 Å². The number of thiophene rings is 1. The summed E-state index contributed by atoms with van der Waals surface area (Å²) in [5.41, 5.74) is 2.90. The van der Waals surface area contributed by atoms with Gasteiger partial charge in [0, 0.05) is 39.6 Å². The number of benzene rings is 1. The van der Waals surface area contributed by atoms with Crippen LogP contribution in [0.15, 0.2) is 47.3 Å². The van der Waals surface area contributed by atoms with Crippen LogP contribution in [0.25, 0.3) is 10.6 Å². The third kappa shape index (κ3) is 2.87. The number of nitrogens with one attached hydrogen (secondary N) is 1. The summed E-state index contributed by atoms with van der Waals surface area (Å²) in [6.45, 7) is 0.730. The number of nitriles is 1. The zero-order chi connectivity index (χ0) is 13.8. The lowest BCUT2D eigenvalue weighted by Gasteiger charge is -2.06. The average Bonchev–Trinajstić information content (AvgIpc) is 3.17. The molecule has 0 fully saturated rings. The predicted octanol–water partition coefficient (Wildman–Crippen LogP) is 4.36. The smallest absolute Gasteiger partial charge is 0.123 e. The van der Waals surface area contributed by atoms with Gasteiger partial charge in [0.1, 0.15) is 11.1 Å². The first-order valence-corrected chi connectivity index (χ1v) is 7.82. The molecule has 0 radical (unpaired) electrons. The molecule has 0 spiro atoms. The number of hydrogen-bond acceptors (Lipinski definition) is 5. The van der Waals surface area contributed by atoms with E-state index in [0.717, 1.165) is 33.2 Å². The van der Waals surface area contributed by atoms with Crippen LogP contribution in [0.3, 0.4) is 0 Å². The summed E-state index contributed by atoms with van der Waals surface area (Å²) in [7, 11) is 0. The van der Waals surface area contributed by atoms with E-state index < -0.39 is 0 Å². The van der Waals surface area contributed by atoms with Crippen molar-refractivity contribution in [3.05, 3.63) is 57.7 Å². The fourth-order valence-electron chi connectivity index (χ4n) is 1.85.